The Bertz CT molecular complexity index is 2380. The van der Waals surface area contributed by atoms with Crippen LogP contribution in [0.4, 0.5) is 20.2 Å². The second kappa shape index (κ2) is 19.5. The molecule has 2 aliphatic heterocycles. The number of aromatic carboxylic acids is 2. The van der Waals surface area contributed by atoms with Crippen LogP contribution in [0.3, 0.4) is 0 Å². The van der Waals surface area contributed by atoms with Gasteiger partial charge in [-0.3, -0.25) is 29.0 Å². The standard InChI is InChI=1S/C46H54F2N6O10/c47-35-21-31-37(53(29-9-10-29)25-33(43(31)57)45(59)60)23-39(35)51-17-13-49(14-18-51)27-63-41(55)7-5-3-1-2-4-6-8-42(56)64-28-50-15-19-52(20-16-50)40-24-38-32(22-36(40)48)44(58)34(46(61)62)26-54(38)30-11-12-30/h21-26,29-30H,1-20,27-28H2,(H,59,60)(H,61,62). The summed E-state index contributed by atoms with van der Waals surface area (Å²) in [5, 5.41) is 19.1. The summed E-state index contributed by atoms with van der Waals surface area (Å²) in [6, 6.07) is 5.76. The summed E-state index contributed by atoms with van der Waals surface area (Å²) in [6.45, 7) is 4.44. The number of anilines is 2. The SMILES string of the molecule is O=C(CCCCCCCCC(=O)OCN1CCN(c2cc3c(cc2F)c(=O)c(C(=O)O)cn3C2CC2)CC1)OCN1CCN(c2cc3c(cc2F)c(=O)c(C(=O)O)cn3C2CC2)CC1. The van der Waals surface area contributed by atoms with Gasteiger partial charge in [-0.2, -0.15) is 0 Å². The van der Waals surface area contributed by atoms with E-state index in [9.17, 15) is 39.0 Å². The van der Waals surface area contributed by atoms with Crippen LogP contribution in [0, 0.1) is 11.6 Å². The van der Waals surface area contributed by atoms with Gasteiger partial charge in [0.15, 0.2) is 0 Å². The molecular formula is C46H54F2N6O10. The first-order chi connectivity index (χ1) is 30.9. The third-order valence-corrected chi connectivity index (χ3v) is 12.8. The average molecular weight is 889 g/mol. The number of carbonyl (C=O) groups excluding carboxylic acids is 2. The number of carboxylic acid groups (broad SMARTS) is 2. The number of fused-ring (bicyclic) bond motifs is 2. The monoisotopic (exact) mass is 888 g/mol. The predicted molar refractivity (Wildman–Crippen MR) is 233 cm³/mol. The van der Waals surface area contributed by atoms with Crippen LogP contribution >= 0.6 is 0 Å². The van der Waals surface area contributed by atoms with Gasteiger partial charge in [0.25, 0.3) is 0 Å². The van der Waals surface area contributed by atoms with Crippen molar-refractivity contribution in [3.05, 3.63) is 79.9 Å². The Morgan fingerprint density at radius 1 is 0.547 bits per heavy atom. The number of carboxylic acids is 2. The number of halogens is 2. The molecule has 16 nitrogen and oxygen atoms in total. The fourth-order valence-corrected chi connectivity index (χ4v) is 8.77. The van der Waals surface area contributed by atoms with Gasteiger partial charge >= 0.3 is 23.9 Å². The van der Waals surface area contributed by atoms with Crippen molar-refractivity contribution in [1.29, 1.82) is 0 Å². The molecule has 4 fully saturated rings. The van der Waals surface area contributed by atoms with Gasteiger partial charge in [0, 0.05) is 100 Å². The molecule has 2 N–H and O–H groups in total. The Morgan fingerprint density at radius 2 is 0.906 bits per heavy atom. The molecule has 2 aliphatic carbocycles. The van der Waals surface area contributed by atoms with Crippen molar-refractivity contribution in [2.45, 2.75) is 89.1 Å². The van der Waals surface area contributed by atoms with E-state index in [1.54, 1.807) is 21.3 Å². The van der Waals surface area contributed by atoms with Gasteiger partial charge in [-0.25, -0.2) is 18.4 Å². The van der Waals surface area contributed by atoms with E-state index in [2.05, 4.69) is 0 Å². The Morgan fingerprint density at radius 3 is 1.25 bits per heavy atom. The van der Waals surface area contributed by atoms with Crippen molar-refractivity contribution in [2.24, 2.45) is 0 Å². The van der Waals surface area contributed by atoms with Crippen molar-refractivity contribution >= 4 is 57.1 Å². The summed E-state index contributed by atoms with van der Waals surface area (Å²) in [5.74, 6) is -4.37. The lowest BCUT2D eigenvalue weighted by Gasteiger charge is -2.36. The van der Waals surface area contributed by atoms with Gasteiger partial charge in [0.05, 0.1) is 22.4 Å². The highest BCUT2D eigenvalue weighted by Gasteiger charge is 2.31. The second-order valence-electron chi connectivity index (χ2n) is 17.4. The molecule has 2 saturated heterocycles. The number of nitrogens with zero attached hydrogens (tertiary/aromatic N) is 6. The van der Waals surface area contributed by atoms with Crippen LogP contribution in [0.5, 0.6) is 0 Å². The van der Waals surface area contributed by atoms with Gasteiger partial charge in [-0.1, -0.05) is 25.7 Å². The van der Waals surface area contributed by atoms with E-state index in [0.29, 0.717) is 100 Å². The zero-order chi connectivity index (χ0) is 45.1. The number of benzene rings is 2. The summed E-state index contributed by atoms with van der Waals surface area (Å²) >= 11 is 0. The van der Waals surface area contributed by atoms with Gasteiger partial charge in [-0.15, -0.1) is 0 Å². The molecular weight excluding hydrogens is 835 g/mol. The van der Waals surface area contributed by atoms with E-state index in [1.165, 1.54) is 12.4 Å². The largest absolute Gasteiger partial charge is 0.477 e. The quantitative estimate of drug-likeness (QED) is 0.0860. The van der Waals surface area contributed by atoms with E-state index in [4.69, 9.17) is 9.47 Å². The summed E-state index contributed by atoms with van der Waals surface area (Å²) in [7, 11) is 0. The number of ether oxygens (including phenoxy) is 2. The zero-order valence-electron chi connectivity index (χ0n) is 35.8. The molecule has 0 amide bonds. The number of rotatable bonds is 19. The van der Waals surface area contributed by atoms with Gasteiger partial charge in [-0.05, 0) is 62.8 Å². The van der Waals surface area contributed by atoms with Crippen LogP contribution in [-0.2, 0) is 19.1 Å². The van der Waals surface area contributed by atoms with Gasteiger partial charge < -0.3 is 38.6 Å². The number of aromatic nitrogens is 2. The summed E-state index contributed by atoms with van der Waals surface area (Å²) in [4.78, 5) is 81.6. The molecule has 0 radical (unpaired) electrons. The highest BCUT2D eigenvalue weighted by atomic mass is 19.1. The maximum Gasteiger partial charge on any atom is 0.341 e. The van der Waals surface area contributed by atoms with Gasteiger partial charge in [0.1, 0.15) is 36.2 Å². The van der Waals surface area contributed by atoms with Gasteiger partial charge in [0.2, 0.25) is 10.9 Å². The smallest absolute Gasteiger partial charge is 0.341 e. The number of carbonyl (C=O) groups is 4. The van der Waals surface area contributed by atoms with Crippen LogP contribution in [0.2, 0.25) is 0 Å². The number of piperazine rings is 2. The Labute approximate surface area is 367 Å². The Kier molecular flexibility index (Phi) is 13.6. The molecule has 342 valence electrons. The first kappa shape index (κ1) is 44.7. The van der Waals surface area contributed by atoms with E-state index >= 15 is 8.78 Å². The van der Waals surface area contributed by atoms with E-state index in [-0.39, 0.29) is 59.4 Å². The van der Waals surface area contributed by atoms with Crippen LogP contribution in [0.25, 0.3) is 21.8 Å². The number of unbranched alkanes of at least 4 members (excludes halogenated alkanes) is 5. The summed E-state index contributed by atoms with van der Waals surface area (Å²) in [6.07, 6.45) is 11.8. The second-order valence-corrected chi connectivity index (χ2v) is 17.4. The predicted octanol–water partition coefficient (Wildman–Crippen LogP) is 5.73. The third-order valence-electron chi connectivity index (χ3n) is 12.8. The number of esters is 2. The highest BCUT2D eigenvalue weighted by Crippen LogP contribution is 2.39. The maximum atomic E-state index is 15.3. The van der Waals surface area contributed by atoms with Crippen LogP contribution in [-0.4, -0.2) is 119 Å². The molecule has 18 heteroatoms. The normalized spacial score (nSPS) is 17.3. The molecule has 0 atom stereocenters. The molecule has 4 heterocycles. The van der Waals surface area contributed by atoms with Crippen LogP contribution in [0.1, 0.15) is 110 Å². The fraction of sp³-hybridized carbons (Fsp3) is 0.522. The molecule has 2 aromatic heterocycles. The molecule has 0 unspecified atom stereocenters. The lowest BCUT2D eigenvalue weighted by molar-refractivity contribution is -0.149. The summed E-state index contributed by atoms with van der Waals surface area (Å²) in [5.41, 5.74) is -0.353. The minimum Gasteiger partial charge on any atom is -0.477 e. The summed E-state index contributed by atoms with van der Waals surface area (Å²) < 4.78 is 45.3. The minimum absolute atomic E-state index is 0.0598. The zero-order valence-corrected chi connectivity index (χ0v) is 35.8. The number of pyridine rings is 2. The lowest BCUT2D eigenvalue weighted by atomic mass is 10.1. The van der Waals surface area contributed by atoms with Crippen LogP contribution < -0.4 is 20.7 Å². The molecule has 2 aromatic carbocycles. The van der Waals surface area contributed by atoms with Crippen molar-refractivity contribution < 1.29 is 47.6 Å². The molecule has 2 saturated carbocycles. The maximum absolute atomic E-state index is 15.3. The number of hydrogen-bond donors (Lipinski definition) is 2. The molecule has 4 aromatic rings. The van der Waals surface area contributed by atoms with Crippen LogP contribution in [0.15, 0.2) is 46.2 Å². The van der Waals surface area contributed by atoms with E-state index in [0.717, 1.165) is 63.5 Å². The molecule has 0 bridgehead atoms. The Hall–Kier alpha value is -5.88. The minimum atomic E-state index is -1.33. The fourth-order valence-electron chi connectivity index (χ4n) is 8.77. The first-order valence-electron chi connectivity index (χ1n) is 22.4. The Balaban J connectivity index is 0.672. The lowest BCUT2D eigenvalue weighted by Crippen LogP contribution is -2.47. The first-order valence-corrected chi connectivity index (χ1v) is 22.4. The number of hydrogen-bond acceptors (Lipinski definition) is 12. The third kappa shape index (κ3) is 10.2. The van der Waals surface area contributed by atoms with E-state index < -0.39 is 34.4 Å². The van der Waals surface area contributed by atoms with Crippen molar-refractivity contribution in [1.82, 2.24) is 18.9 Å². The molecule has 0 spiro atoms. The van der Waals surface area contributed by atoms with Crippen molar-refractivity contribution in [3.63, 3.8) is 0 Å². The van der Waals surface area contributed by atoms with E-state index in [1.807, 2.05) is 19.6 Å². The van der Waals surface area contributed by atoms with Crippen molar-refractivity contribution in [2.75, 3.05) is 75.6 Å². The molecule has 64 heavy (non-hydrogen) atoms. The van der Waals surface area contributed by atoms with Crippen molar-refractivity contribution in [3.8, 4) is 0 Å². The highest BCUT2D eigenvalue weighted by molar-refractivity contribution is 5.94. The topological polar surface area (TPSA) is 184 Å². The average Bonchev–Trinajstić information content (AvgIpc) is 4.22. The molecule has 4 aliphatic rings. The molecule has 8 rings (SSSR count).